The number of hydrogen-bond acceptors (Lipinski definition) is 8. The number of nitrogens with two attached hydrogens (primary N) is 1. The monoisotopic (exact) mass is 1150 g/mol. The summed E-state index contributed by atoms with van der Waals surface area (Å²) < 4.78 is 33.1. The van der Waals surface area contributed by atoms with Crippen LogP contribution in [0.3, 0.4) is 0 Å². The van der Waals surface area contributed by atoms with Crippen molar-refractivity contribution in [3.63, 3.8) is 0 Å². The van der Waals surface area contributed by atoms with Crippen molar-refractivity contribution in [1.82, 2.24) is 0 Å². The number of carbonyl (C=O) groups is 2. The minimum absolute atomic E-state index is 0.0422. The van der Waals surface area contributed by atoms with Crippen molar-refractivity contribution >= 4 is 19.8 Å². The molecule has 462 valence electrons. The zero-order valence-electron chi connectivity index (χ0n) is 51.7. The van der Waals surface area contributed by atoms with Crippen molar-refractivity contribution in [3.8, 4) is 0 Å². The summed E-state index contributed by atoms with van der Waals surface area (Å²) in [7, 11) is -4.41. The van der Waals surface area contributed by atoms with Crippen molar-refractivity contribution in [3.05, 3.63) is 134 Å². The van der Waals surface area contributed by atoms with E-state index in [-0.39, 0.29) is 32.6 Å². The molecule has 0 aliphatic rings. The molecule has 2 unspecified atom stereocenters. The van der Waals surface area contributed by atoms with Gasteiger partial charge in [0.1, 0.15) is 6.61 Å². The second-order valence-corrected chi connectivity index (χ2v) is 22.7. The van der Waals surface area contributed by atoms with Gasteiger partial charge >= 0.3 is 19.8 Å². The van der Waals surface area contributed by atoms with Gasteiger partial charge in [-0.1, -0.05) is 295 Å². The van der Waals surface area contributed by atoms with E-state index in [4.69, 9.17) is 24.3 Å². The molecular formula is C71H120NO8P. The van der Waals surface area contributed by atoms with Crippen LogP contribution in [-0.2, 0) is 32.7 Å². The smallest absolute Gasteiger partial charge is 0.462 e. The second kappa shape index (κ2) is 65.3. The first-order valence-electron chi connectivity index (χ1n) is 32.7. The molecule has 0 aromatic heterocycles. The molecule has 0 heterocycles. The third-order valence-electron chi connectivity index (χ3n) is 13.6. The van der Waals surface area contributed by atoms with Gasteiger partial charge in [-0.2, -0.15) is 0 Å². The van der Waals surface area contributed by atoms with Crippen LogP contribution in [0.2, 0.25) is 0 Å². The Bertz CT molecular complexity index is 1790. The van der Waals surface area contributed by atoms with Gasteiger partial charge in [-0.15, -0.1) is 0 Å². The summed E-state index contributed by atoms with van der Waals surface area (Å²) in [5.74, 6) is -0.866. The fourth-order valence-corrected chi connectivity index (χ4v) is 9.52. The van der Waals surface area contributed by atoms with Gasteiger partial charge in [-0.05, 0) is 96.3 Å². The third kappa shape index (κ3) is 65.2. The Balaban J connectivity index is 4.05. The second-order valence-electron chi connectivity index (χ2n) is 21.3. The molecule has 0 radical (unpaired) electrons. The van der Waals surface area contributed by atoms with E-state index in [2.05, 4.69) is 148 Å². The van der Waals surface area contributed by atoms with Crippen LogP contribution in [0.25, 0.3) is 0 Å². The standard InChI is InChI=1S/C71H120NO8P/c1-3-5-7-9-11-13-15-17-19-21-23-25-27-28-29-30-31-32-33-34-35-36-37-38-39-40-42-44-46-48-50-52-54-56-58-60-62-64-71(74)80-69(68-79-81(75,76)78-66-65-72)67-77-70(73)63-61-59-57-55-53-51-49-47-45-43-41-26-24-22-20-18-16-14-12-10-8-6-4-2/h5,7,11,13,17,19,23,25,28-29,31-32,34-35,37-38,40,42,46,48,52,54,69H,3-4,6,8-10,12,14-16,18,20-22,24,26-27,30,33,36,39,41,43-45,47,49-51,53,55-68,72H2,1-2H3,(H,75,76)/b7-5-,13-11-,19-17-,25-23-,29-28-,32-31-,35-34-,38-37-,42-40-,48-46-,54-52-. The number of rotatable bonds is 60. The molecule has 2 atom stereocenters. The number of carbonyl (C=O) groups excluding carboxylic acids is 2. The molecule has 0 aliphatic carbocycles. The molecule has 0 aromatic carbocycles. The molecule has 0 bridgehead atoms. The quantitative estimate of drug-likeness (QED) is 0.0264. The van der Waals surface area contributed by atoms with Gasteiger partial charge in [0.2, 0.25) is 0 Å². The minimum atomic E-state index is -4.41. The molecule has 0 aliphatic heterocycles. The van der Waals surface area contributed by atoms with Crippen molar-refractivity contribution in [2.45, 2.75) is 277 Å². The SMILES string of the molecule is CC/C=C\C/C=C\C/C=C\C/C=C\C/C=C\C/C=C\C/C=C\C/C=C\C/C=C\C/C=C\C/C=C\CCCCCC(=O)OC(COC(=O)CCCCCCCCCCCCCCCCCCCCCCCCC)COP(=O)(O)OCCN. The third-order valence-corrected chi connectivity index (χ3v) is 14.5. The molecule has 0 aromatic rings. The predicted octanol–water partition coefficient (Wildman–Crippen LogP) is 21.3. The Labute approximate surface area is 497 Å². The van der Waals surface area contributed by atoms with Crippen LogP contribution in [0.5, 0.6) is 0 Å². The molecule has 0 rings (SSSR count). The van der Waals surface area contributed by atoms with E-state index in [9.17, 15) is 19.0 Å². The zero-order valence-corrected chi connectivity index (χ0v) is 52.6. The van der Waals surface area contributed by atoms with Gasteiger partial charge in [-0.3, -0.25) is 18.6 Å². The van der Waals surface area contributed by atoms with Crippen LogP contribution in [0.1, 0.15) is 271 Å². The molecule has 9 nitrogen and oxygen atoms in total. The van der Waals surface area contributed by atoms with Crippen LogP contribution in [0.4, 0.5) is 0 Å². The average molecular weight is 1150 g/mol. The first-order chi connectivity index (χ1) is 39.8. The van der Waals surface area contributed by atoms with E-state index in [1.807, 2.05) is 0 Å². The molecule has 0 saturated carbocycles. The molecule has 10 heteroatoms. The Morgan fingerprint density at radius 3 is 1.01 bits per heavy atom. The van der Waals surface area contributed by atoms with E-state index in [1.54, 1.807) is 0 Å². The van der Waals surface area contributed by atoms with Crippen LogP contribution in [0, 0.1) is 0 Å². The number of esters is 2. The molecule has 0 spiro atoms. The van der Waals surface area contributed by atoms with Gasteiger partial charge in [0.15, 0.2) is 6.10 Å². The lowest BCUT2D eigenvalue weighted by atomic mass is 10.0. The summed E-state index contributed by atoms with van der Waals surface area (Å²) in [6, 6.07) is 0. The molecular weight excluding hydrogens is 1030 g/mol. The van der Waals surface area contributed by atoms with Gasteiger partial charge < -0.3 is 20.1 Å². The maximum absolute atomic E-state index is 12.7. The molecule has 0 fully saturated rings. The first-order valence-corrected chi connectivity index (χ1v) is 34.2. The van der Waals surface area contributed by atoms with Gasteiger partial charge in [-0.25, -0.2) is 4.57 Å². The Kier molecular flexibility index (Phi) is 62.2. The Hall–Kier alpha value is -3.85. The first kappa shape index (κ1) is 77.2. The van der Waals surface area contributed by atoms with Crippen molar-refractivity contribution in [1.29, 1.82) is 0 Å². The number of hydrogen-bond donors (Lipinski definition) is 2. The Morgan fingerprint density at radius 2 is 0.679 bits per heavy atom. The molecule has 3 N–H and O–H groups in total. The highest BCUT2D eigenvalue weighted by atomic mass is 31.2. The lowest BCUT2D eigenvalue weighted by molar-refractivity contribution is -0.161. The maximum atomic E-state index is 12.7. The number of allylic oxidation sites excluding steroid dienone is 22. The highest BCUT2D eigenvalue weighted by Crippen LogP contribution is 2.43. The van der Waals surface area contributed by atoms with Gasteiger partial charge in [0, 0.05) is 19.4 Å². The summed E-state index contributed by atoms with van der Waals surface area (Å²) in [4.78, 5) is 35.3. The zero-order chi connectivity index (χ0) is 58.7. The summed E-state index contributed by atoms with van der Waals surface area (Å²) >= 11 is 0. The van der Waals surface area contributed by atoms with Crippen molar-refractivity contribution < 1.29 is 37.6 Å². The number of phosphoric acid groups is 1. The maximum Gasteiger partial charge on any atom is 0.472 e. The van der Waals surface area contributed by atoms with E-state index < -0.39 is 32.5 Å². The number of unbranched alkanes of at least 4 members (excludes halogenated alkanes) is 25. The fraction of sp³-hybridized carbons (Fsp3) is 0.662. The van der Waals surface area contributed by atoms with E-state index in [1.165, 1.54) is 128 Å². The van der Waals surface area contributed by atoms with Crippen LogP contribution >= 0.6 is 7.82 Å². The van der Waals surface area contributed by atoms with E-state index in [0.717, 1.165) is 109 Å². The summed E-state index contributed by atoms with van der Waals surface area (Å²) in [5.41, 5.74) is 5.39. The lowest BCUT2D eigenvalue weighted by Crippen LogP contribution is -2.29. The molecule has 81 heavy (non-hydrogen) atoms. The summed E-state index contributed by atoms with van der Waals surface area (Å²) in [6.45, 7) is 3.61. The lowest BCUT2D eigenvalue weighted by Gasteiger charge is -2.19. The topological polar surface area (TPSA) is 134 Å². The van der Waals surface area contributed by atoms with Crippen molar-refractivity contribution in [2.24, 2.45) is 5.73 Å². The highest BCUT2D eigenvalue weighted by molar-refractivity contribution is 7.47. The normalized spacial score (nSPS) is 13.9. The van der Waals surface area contributed by atoms with Crippen molar-refractivity contribution in [2.75, 3.05) is 26.4 Å². The summed E-state index contributed by atoms with van der Waals surface area (Å²) in [6.07, 6.45) is 92.4. The van der Waals surface area contributed by atoms with E-state index in [0.29, 0.717) is 6.42 Å². The molecule has 0 saturated heterocycles. The van der Waals surface area contributed by atoms with Gasteiger partial charge in [0.25, 0.3) is 0 Å². The van der Waals surface area contributed by atoms with E-state index >= 15 is 0 Å². The molecule has 0 amide bonds. The van der Waals surface area contributed by atoms with Crippen LogP contribution < -0.4 is 5.73 Å². The van der Waals surface area contributed by atoms with Gasteiger partial charge in [0.05, 0.1) is 13.2 Å². The number of ether oxygens (including phenoxy) is 2. The average Bonchev–Trinajstić information content (AvgIpc) is 3.46. The highest BCUT2D eigenvalue weighted by Gasteiger charge is 2.26. The Morgan fingerprint density at radius 1 is 0.383 bits per heavy atom. The summed E-state index contributed by atoms with van der Waals surface area (Å²) in [5, 5.41) is 0. The fourth-order valence-electron chi connectivity index (χ4n) is 8.76. The minimum Gasteiger partial charge on any atom is -0.462 e. The van der Waals surface area contributed by atoms with Crippen LogP contribution in [-0.4, -0.2) is 49.3 Å². The van der Waals surface area contributed by atoms with Crippen LogP contribution in [0.15, 0.2) is 134 Å². The largest absolute Gasteiger partial charge is 0.472 e. The number of phosphoric ester groups is 1. The predicted molar refractivity (Wildman–Crippen MR) is 348 cm³/mol.